The van der Waals surface area contributed by atoms with E-state index >= 15 is 0 Å². The number of carbonyl (C=O) groups excluding carboxylic acids is 1. The Labute approximate surface area is 128 Å². The average Bonchev–Trinajstić information content (AvgIpc) is 2.43. The number of hydrogen-bond donors (Lipinski definition) is 3. The molecule has 0 radical (unpaired) electrons. The molecule has 1 aliphatic carbocycles. The first-order valence-electron chi connectivity index (χ1n) is 8.01. The lowest BCUT2D eigenvalue weighted by Crippen LogP contribution is -2.48. The second-order valence-corrected chi connectivity index (χ2v) is 7.23. The zero-order valence-corrected chi connectivity index (χ0v) is 13.8. The molecule has 0 bridgehead atoms. The van der Waals surface area contributed by atoms with Gasteiger partial charge in [0.25, 0.3) is 0 Å². The van der Waals surface area contributed by atoms with E-state index in [0.29, 0.717) is 11.3 Å². The van der Waals surface area contributed by atoms with Gasteiger partial charge in [-0.2, -0.15) is 0 Å². The summed E-state index contributed by atoms with van der Waals surface area (Å²) in [6.07, 6.45) is 6.39. The summed E-state index contributed by atoms with van der Waals surface area (Å²) in [4.78, 5) is 12.3. The third kappa shape index (κ3) is 5.44. The van der Waals surface area contributed by atoms with E-state index < -0.39 is 12.1 Å². The van der Waals surface area contributed by atoms with Gasteiger partial charge in [0.1, 0.15) is 0 Å². The molecule has 0 aromatic carbocycles. The molecule has 1 aliphatic rings. The molecule has 0 spiro atoms. The summed E-state index contributed by atoms with van der Waals surface area (Å²) < 4.78 is 0. The molecular weight excluding hydrogens is 266 g/mol. The summed E-state index contributed by atoms with van der Waals surface area (Å²) in [6, 6.07) is -0.617. The van der Waals surface area contributed by atoms with Gasteiger partial charge in [0.2, 0.25) is 5.91 Å². The number of aliphatic hydroxyl groups excluding tert-OH is 2. The minimum atomic E-state index is -0.838. The molecular formula is C17H31NO3. The molecule has 4 nitrogen and oxygen atoms in total. The molecule has 21 heavy (non-hydrogen) atoms. The van der Waals surface area contributed by atoms with E-state index in [1.165, 1.54) is 0 Å². The summed E-state index contributed by atoms with van der Waals surface area (Å²) >= 11 is 0. The number of rotatable bonds is 5. The molecule has 122 valence electrons. The van der Waals surface area contributed by atoms with Gasteiger partial charge in [-0.25, -0.2) is 0 Å². The summed E-state index contributed by atoms with van der Waals surface area (Å²) in [5.74, 6) is 0.643. The zero-order valence-electron chi connectivity index (χ0n) is 13.8. The fraction of sp³-hybridized carbons (Fsp3) is 0.824. The number of allylic oxidation sites excluding steroid dienone is 1. The maximum atomic E-state index is 12.3. The van der Waals surface area contributed by atoms with Crippen LogP contribution in [0.25, 0.3) is 0 Å². The topological polar surface area (TPSA) is 69.6 Å². The van der Waals surface area contributed by atoms with Crippen molar-refractivity contribution in [3.8, 4) is 0 Å². The zero-order chi connectivity index (χ0) is 16.0. The molecule has 4 heteroatoms. The first-order chi connectivity index (χ1) is 9.79. The fourth-order valence-electron chi connectivity index (χ4n) is 3.09. The van der Waals surface area contributed by atoms with E-state index in [1.807, 2.05) is 0 Å². The Kier molecular flexibility index (Phi) is 6.88. The van der Waals surface area contributed by atoms with Crippen molar-refractivity contribution in [3.05, 3.63) is 12.2 Å². The predicted molar refractivity (Wildman–Crippen MR) is 84.7 cm³/mol. The van der Waals surface area contributed by atoms with Crippen molar-refractivity contribution in [1.82, 2.24) is 5.32 Å². The Morgan fingerprint density at radius 2 is 1.86 bits per heavy atom. The molecule has 0 saturated heterocycles. The molecule has 0 unspecified atom stereocenters. The van der Waals surface area contributed by atoms with Crippen LogP contribution in [-0.2, 0) is 4.79 Å². The molecule has 1 saturated carbocycles. The summed E-state index contributed by atoms with van der Waals surface area (Å²) in [5.41, 5.74) is 0.303. The van der Waals surface area contributed by atoms with Gasteiger partial charge < -0.3 is 15.5 Å². The number of nitrogens with one attached hydrogen (secondary N) is 1. The highest BCUT2D eigenvalue weighted by Gasteiger charge is 2.33. The van der Waals surface area contributed by atoms with Crippen LogP contribution in [-0.4, -0.2) is 34.9 Å². The second kappa shape index (κ2) is 7.95. The number of aliphatic hydroxyl groups is 2. The van der Waals surface area contributed by atoms with Gasteiger partial charge in [0.15, 0.2) is 0 Å². The van der Waals surface area contributed by atoms with Crippen LogP contribution in [0.5, 0.6) is 0 Å². The summed E-state index contributed by atoms with van der Waals surface area (Å²) in [5, 5.41) is 21.9. The normalized spacial score (nSPS) is 26.6. The van der Waals surface area contributed by atoms with Crippen LogP contribution < -0.4 is 5.32 Å². The Bertz CT molecular complexity index is 352. The van der Waals surface area contributed by atoms with Crippen molar-refractivity contribution < 1.29 is 15.0 Å². The van der Waals surface area contributed by atoms with Crippen molar-refractivity contribution in [2.45, 2.75) is 65.5 Å². The van der Waals surface area contributed by atoms with Gasteiger partial charge in [0.05, 0.1) is 18.8 Å². The fourth-order valence-corrected chi connectivity index (χ4v) is 3.09. The number of hydrogen-bond acceptors (Lipinski definition) is 3. The van der Waals surface area contributed by atoms with E-state index in [9.17, 15) is 15.0 Å². The number of amides is 1. The molecule has 0 heterocycles. The standard InChI is InChI=1S/C17H31NO3/c1-5-6-15(20)14(11-19)18-16(21)12-7-9-13(10-8-12)17(2,3)4/h5-6,12-15,19-20H,7-11H2,1-4H3,(H,18,21)/b6-5+/t12?,13?,14-,15+/m0/s1. The summed E-state index contributed by atoms with van der Waals surface area (Å²) in [7, 11) is 0. The number of carbonyl (C=O) groups is 1. The van der Waals surface area contributed by atoms with Crippen LogP contribution in [0.4, 0.5) is 0 Å². The molecule has 3 N–H and O–H groups in total. The van der Waals surface area contributed by atoms with Crippen molar-refractivity contribution in [2.75, 3.05) is 6.61 Å². The first-order valence-corrected chi connectivity index (χ1v) is 8.01. The molecule has 0 aliphatic heterocycles. The molecule has 1 rings (SSSR count). The van der Waals surface area contributed by atoms with Crippen molar-refractivity contribution >= 4 is 5.91 Å². The third-order valence-electron chi connectivity index (χ3n) is 4.65. The lowest BCUT2D eigenvalue weighted by Gasteiger charge is -2.37. The van der Waals surface area contributed by atoms with E-state index in [0.717, 1.165) is 25.7 Å². The Morgan fingerprint density at radius 1 is 1.29 bits per heavy atom. The van der Waals surface area contributed by atoms with Crippen LogP contribution in [0.15, 0.2) is 12.2 Å². The second-order valence-electron chi connectivity index (χ2n) is 7.23. The Hall–Kier alpha value is -0.870. The van der Waals surface area contributed by atoms with Crippen LogP contribution in [0.3, 0.4) is 0 Å². The van der Waals surface area contributed by atoms with Gasteiger partial charge in [-0.3, -0.25) is 4.79 Å². The summed E-state index contributed by atoms with van der Waals surface area (Å²) in [6.45, 7) is 8.32. The Morgan fingerprint density at radius 3 is 2.29 bits per heavy atom. The van der Waals surface area contributed by atoms with E-state index in [2.05, 4.69) is 26.1 Å². The maximum Gasteiger partial charge on any atom is 0.223 e. The van der Waals surface area contributed by atoms with Gasteiger partial charge in [-0.1, -0.05) is 32.9 Å². The minimum absolute atomic E-state index is 0.00968. The van der Waals surface area contributed by atoms with Crippen LogP contribution >= 0.6 is 0 Å². The van der Waals surface area contributed by atoms with Crippen LogP contribution in [0, 0.1) is 17.3 Å². The van der Waals surface area contributed by atoms with Crippen molar-refractivity contribution in [2.24, 2.45) is 17.3 Å². The van der Waals surface area contributed by atoms with E-state index in [-0.39, 0.29) is 18.4 Å². The molecule has 1 amide bonds. The minimum Gasteiger partial charge on any atom is -0.394 e. The van der Waals surface area contributed by atoms with Crippen LogP contribution in [0.2, 0.25) is 0 Å². The third-order valence-corrected chi connectivity index (χ3v) is 4.65. The van der Waals surface area contributed by atoms with E-state index in [1.54, 1.807) is 19.1 Å². The van der Waals surface area contributed by atoms with Gasteiger partial charge in [-0.15, -0.1) is 0 Å². The lowest BCUT2D eigenvalue weighted by atomic mass is 9.69. The van der Waals surface area contributed by atoms with Gasteiger partial charge >= 0.3 is 0 Å². The highest BCUT2D eigenvalue weighted by Crippen LogP contribution is 2.39. The molecule has 0 aromatic rings. The predicted octanol–water partition coefficient (Wildman–Crippen LogP) is 2.25. The molecule has 0 aromatic heterocycles. The maximum absolute atomic E-state index is 12.3. The highest BCUT2D eigenvalue weighted by molar-refractivity contribution is 5.79. The first kappa shape index (κ1) is 18.2. The van der Waals surface area contributed by atoms with Gasteiger partial charge in [0, 0.05) is 5.92 Å². The quantitative estimate of drug-likeness (QED) is 0.682. The monoisotopic (exact) mass is 297 g/mol. The molecule has 2 atom stereocenters. The SMILES string of the molecule is C/C=C/[C@@H](O)[C@H](CO)NC(=O)C1CCC(C(C)(C)C)CC1. The lowest BCUT2D eigenvalue weighted by molar-refractivity contribution is -0.128. The van der Waals surface area contributed by atoms with Crippen LogP contribution in [0.1, 0.15) is 53.4 Å². The van der Waals surface area contributed by atoms with Crippen molar-refractivity contribution in [3.63, 3.8) is 0 Å². The molecule has 1 fully saturated rings. The van der Waals surface area contributed by atoms with Crippen molar-refractivity contribution in [1.29, 1.82) is 0 Å². The van der Waals surface area contributed by atoms with Gasteiger partial charge in [-0.05, 0) is 43.9 Å². The van der Waals surface area contributed by atoms with E-state index in [4.69, 9.17) is 0 Å². The smallest absolute Gasteiger partial charge is 0.223 e. The average molecular weight is 297 g/mol. The largest absolute Gasteiger partial charge is 0.394 e. The Balaban J connectivity index is 2.50. The highest BCUT2D eigenvalue weighted by atomic mass is 16.3.